The fourth-order valence-corrected chi connectivity index (χ4v) is 3.14. The molecule has 2 atom stereocenters. The molecule has 0 saturated carbocycles. The summed E-state index contributed by atoms with van der Waals surface area (Å²) in [4.78, 5) is 0. The van der Waals surface area contributed by atoms with E-state index < -0.39 is 0 Å². The number of rotatable bonds is 9. The normalized spacial score (nSPS) is 22.6. The summed E-state index contributed by atoms with van der Waals surface area (Å²) in [5, 5.41) is 12.5. The molecular weight excluding hydrogens is 244 g/mol. The van der Waals surface area contributed by atoms with E-state index in [9.17, 15) is 5.26 Å². The van der Waals surface area contributed by atoms with E-state index >= 15 is 0 Å². The molecule has 1 aliphatic rings. The molecule has 0 spiro atoms. The Morgan fingerprint density at radius 3 is 3.00 bits per heavy atom. The molecule has 3 nitrogen and oxygen atoms in total. The van der Waals surface area contributed by atoms with Gasteiger partial charge in [-0.05, 0) is 51.3 Å². The zero-order valence-electron chi connectivity index (χ0n) is 11.7. The van der Waals surface area contributed by atoms with Crippen molar-refractivity contribution in [2.45, 2.75) is 57.6 Å². The second-order valence-corrected chi connectivity index (χ2v) is 6.33. The molecule has 18 heavy (non-hydrogen) atoms. The van der Waals surface area contributed by atoms with Crippen LogP contribution in [0.3, 0.4) is 0 Å². The van der Waals surface area contributed by atoms with Gasteiger partial charge in [0, 0.05) is 12.4 Å². The van der Waals surface area contributed by atoms with Crippen LogP contribution in [0.1, 0.15) is 46.0 Å². The molecule has 0 radical (unpaired) electrons. The van der Waals surface area contributed by atoms with Crippen LogP contribution >= 0.6 is 11.8 Å². The number of nitrogens with one attached hydrogen (secondary N) is 1. The number of ether oxygens (including phenoxy) is 1. The van der Waals surface area contributed by atoms with Gasteiger partial charge in [-0.1, -0.05) is 6.92 Å². The van der Waals surface area contributed by atoms with Gasteiger partial charge in [-0.25, -0.2) is 0 Å². The van der Waals surface area contributed by atoms with Crippen LogP contribution in [0.2, 0.25) is 0 Å². The van der Waals surface area contributed by atoms with Gasteiger partial charge in [-0.2, -0.15) is 17.0 Å². The highest BCUT2D eigenvalue weighted by atomic mass is 32.2. The van der Waals surface area contributed by atoms with E-state index in [0.29, 0.717) is 6.10 Å². The van der Waals surface area contributed by atoms with Crippen molar-refractivity contribution >= 4 is 11.8 Å². The van der Waals surface area contributed by atoms with Crippen molar-refractivity contribution in [2.75, 3.05) is 24.7 Å². The van der Waals surface area contributed by atoms with Gasteiger partial charge >= 0.3 is 0 Å². The van der Waals surface area contributed by atoms with E-state index in [2.05, 4.69) is 18.3 Å². The molecule has 1 fully saturated rings. The van der Waals surface area contributed by atoms with Crippen molar-refractivity contribution in [1.29, 1.82) is 5.26 Å². The highest BCUT2D eigenvalue weighted by Crippen LogP contribution is 2.19. The molecule has 0 aromatic heterocycles. The molecule has 1 saturated heterocycles. The Labute approximate surface area is 116 Å². The van der Waals surface area contributed by atoms with Gasteiger partial charge in [0.15, 0.2) is 0 Å². The first kappa shape index (κ1) is 15.8. The molecule has 0 amide bonds. The summed E-state index contributed by atoms with van der Waals surface area (Å²) >= 11 is 1.96. The summed E-state index contributed by atoms with van der Waals surface area (Å²) in [5.74, 6) is 2.25. The highest BCUT2D eigenvalue weighted by Gasteiger charge is 2.22. The first-order valence-corrected chi connectivity index (χ1v) is 8.21. The lowest BCUT2D eigenvalue weighted by Crippen LogP contribution is -2.41. The van der Waals surface area contributed by atoms with E-state index in [1.165, 1.54) is 12.8 Å². The minimum atomic E-state index is -0.347. The molecule has 1 heterocycles. The maximum atomic E-state index is 9.20. The zero-order chi connectivity index (χ0) is 13.3. The van der Waals surface area contributed by atoms with E-state index in [-0.39, 0.29) is 5.54 Å². The van der Waals surface area contributed by atoms with Gasteiger partial charge < -0.3 is 4.74 Å². The lowest BCUT2D eigenvalue weighted by Gasteiger charge is -2.23. The van der Waals surface area contributed by atoms with Crippen molar-refractivity contribution in [2.24, 2.45) is 0 Å². The Hall–Kier alpha value is -0.240. The number of hydrogen-bond donors (Lipinski definition) is 1. The predicted molar refractivity (Wildman–Crippen MR) is 77.8 cm³/mol. The van der Waals surface area contributed by atoms with E-state index in [1.54, 1.807) is 0 Å². The van der Waals surface area contributed by atoms with Crippen LogP contribution in [0.15, 0.2) is 0 Å². The molecule has 1 rings (SSSR count). The van der Waals surface area contributed by atoms with Crippen molar-refractivity contribution in [3.05, 3.63) is 0 Å². The number of nitriles is 1. The van der Waals surface area contributed by atoms with E-state index in [4.69, 9.17) is 4.74 Å². The van der Waals surface area contributed by atoms with Gasteiger partial charge in [-0.15, -0.1) is 0 Å². The van der Waals surface area contributed by atoms with Gasteiger partial charge in [-0.3, -0.25) is 5.32 Å². The molecule has 1 aliphatic heterocycles. The third-order valence-electron chi connectivity index (χ3n) is 3.31. The van der Waals surface area contributed by atoms with Crippen molar-refractivity contribution in [3.8, 4) is 6.07 Å². The quantitative estimate of drug-likeness (QED) is 0.654. The topological polar surface area (TPSA) is 45.0 Å². The summed E-state index contributed by atoms with van der Waals surface area (Å²) in [6.45, 7) is 6.00. The Balaban J connectivity index is 2.05. The molecule has 104 valence electrons. The van der Waals surface area contributed by atoms with Gasteiger partial charge in [0.05, 0.1) is 12.2 Å². The Morgan fingerprint density at radius 1 is 1.56 bits per heavy atom. The van der Waals surface area contributed by atoms with Crippen molar-refractivity contribution < 1.29 is 4.74 Å². The molecular formula is C14H26N2OS. The summed E-state index contributed by atoms with van der Waals surface area (Å²) in [6, 6.07) is 2.40. The first-order chi connectivity index (χ1) is 8.70. The first-order valence-electron chi connectivity index (χ1n) is 7.06. The lowest BCUT2D eigenvalue weighted by atomic mass is 9.98. The third kappa shape index (κ3) is 6.08. The minimum Gasteiger partial charge on any atom is -0.377 e. The van der Waals surface area contributed by atoms with Gasteiger partial charge in [0.1, 0.15) is 5.54 Å². The monoisotopic (exact) mass is 270 g/mol. The number of hydrogen-bond acceptors (Lipinski definition) is 4. The molecule has 0 bridgehead atoms. The number of thioether (sulfide) groups is 1. The average molecular weight is 270 g/mol. The smallest absolute Gasteiger partial charge is 0.103 e. The van der Waals surface area contributed by atoms with Crippen LogP contribution in [0.4, 0.5) is 0 Å². The van der Waals surface area contributed by atoms with E-state index in [1.807, 2.05) is 18.7 Å². The molecule has 0 aliphatic carbocycles. The predicted octanol–water partition coefficient (Wildman–Crippen LogP) is 2.96. The molecule has 0 aromatic rings. The second kappa shape index (κ2) is 8.79. The fraction of sp³-hybridized carbons (Fsp3) is 0.929. The van der Waals surface area contributed by atoms with Gasteiger partial charge in [0.2, 0.25) is 0 Å². The Bertz CT molecular complexity index is 261. The summed E-state index contributed by atoms with van der Waals surface area (Å²) < 4.78 is 5.59. The van der Waals surface area contributed by atoms with Crippen LogP contribution in [0.5, 0.6) is 0 Å². The zero-order valence-corrected chi connectivity index (χ0v) is 12.5. The number of nitrogens with zero attached hydrogens (tertiary/aromatic N) is 1. The molecule has 2 unspecified atom stereocenters. The van der Waals surface area contributed by atoms with Crippen molar-refractivity contribution in [3.63, 3.8) is 0 Å². The Kier molecular flexibility index (Phi) is 7.73. The molecule has 4 heteroatoms. The average Bonchev–Trinajstić information content (AvgIpc) is 2.89. The lowest BCUT2D eigenvalue weighted by molar-refractivity contribution is 0.129. The van der Waals surface area contributed by atoms with Crippen LogP contribution < -0.4 is 5.32 Å². The minimum absolute atomic E-state index is 0.347. The highest BCUT2D eigenvalue weighted by molar-refractivity contribution is 7.99. The van der Waals surface area contributed by atoms with E-state index in [0.717, 1.165) is 43.9 Å². The largest absolute Gasteiger partial charge is 0.377 e. The summed E-state index contributed by atoms with van der Waals surface area (Å²) in [6.07, 6.45) is 6.03. The maximum absolute atomic E-state index is 9.20. The van der Waals surface area contributed by atoms with Crippen LogP contribution in [-0.2, 0) is 4.74 Å². The molecule has 0 aromatic carbocycles. The van der Waals surface area contributed by atoms with Crippen LogP contribution in [-0.4, -0.2) is 36.3 Å². The second-order valence-electron chi connectivity index (χ2n) is 5.18. The third-order valence-corrected chi connectivity index (χ3v) is 4.49. The van der Waals surface area contributed by atoms with Crippen LogP contribution in [0, 0.1) is 11.3 Å². The maximum Gasteiger partial charge on any atom is 0.103 e. The van der Waals surface area contributed by atoms with Crippen LogP contribution in [0.25, 0.3) is 0 Å². The summed E-state index contributed by atoms with van der Waals surface area (Å²) in [5.41, 5.74) is -0.347. The summed E-state index contributed by atoms with van der Waals surface area (Å²) in [7, 11) is 0. The molecule has 1 N–H and O–H groups in total. The van der Waals surface area contributed by atoms with Gasteiger partial charge in [0.25, 0.3) is 0 Å². The fourth-order valence-electron chi connectivity index (χ4n) is 2.10. The Morgan fingerprint density at radius 2 is 2.39 bits per heavy atom. The SMILES string of the molecule is CCCNC(C)(C#N)CCCSCC1CCCO1. The standard InChI is InChI=1S/C14H26N2OS/c1-3-8-16-14(2,12-15)7-5-10-18-11-13-6-4-9-17-13/h13,16H,3-11H2,1-2H3. The van der Waals surface area contributed by atoms with Crippen molar-refractivity contribution in [1.82, 2.24) is 5.32 Å².